The molecule has 3 rings (SSSR count). The SMILES string of the molecule is CCCCOC(=O)[C@@H](C)N[P@@]1(=O)OC[C@H]2[C@@H](O)[C@H](n3ccc(=O)[nH]c3=O)O[C@@H]2CO1. The van der Waals surface area contributed by atoms with E-state index in [0.717, 1.165) is 23.5 Å². The number of unbranched alkanes of at least 4 members (excludes halogenated alkanes) is 1. The van der Waals surface area contributed by atoms with E-state index >= 15 is 0 Å². The number of fused-ring (bicyclic) bond motifs is 1. The first-order chi connectivity index (χ1) is 14.2. The average molecular weight is 447 g/mol. The van der Waals surface area contributed by atoms with Crippen molar-refractivity contribution >= 4 is 13.7 Å². The monoisotopic (exact) mass is 447 g/mol. The van der Waals surface area contributed by atoms with Gasteiger partial charge in [-0.2, -0.15) is 0 Å². The minimum atomic E-state index is -3.85. The Morgan fingerprint density at radius 1 is 1.43 bits per heavy atom. The van der Waals surface area contributed by atoms with E-state index in [1.54, 1.807) is 0 Å². The minimum absolute atomic E-state index is 0.192. The summed E-state index contributed by atoms with van der Waals surface area (Å²) < 4.78 is 35.5. The van der Waals surface area contributed by atoms with Crippen LogP contribution in [0.5, 0.6) is 0 Å². The van der Waals surface area contributed by atoms with Crippen LogP contribution in [0.4, 0.5) is 0 Å². The number of aromatic amines is 1. The molecule has 0 unspecified atom stereocenters. The Hall–Kier alpha value is -1.82. The molecule has 2 saturated heterocycles. The van der Waals surface area contributed by atoms with E-state index in [2.05, 4.69) is 10.1 Å². The minimum Gasteiger partial charge on any atom is -0.465 e. The number of nitrogens with zero attached hydrogens (tertiary/aromatic N) is 1. The molecule has 6 atom stereocenters. The number of rotatable bonds is 7. The predicted molar refractivity (Wildman–Crippen MR) is 103 cm³/mol. The van der Waals surface area contributed by atoms with Crippen molar-refractivity contribution < 1.29 is 33.0 Å². The van der Waals surface area contributed by atoms with E-state index in [9.17, 15) is 24.1 Å². The molecule has 0 aliphatic carbocycles. The number of H-pyrrole nitrogens is 1. The summed E-state index contributed by atoms with van der Waals surface area (Å²) in [6, 6.07) is 0.210. The predicted octanol–water partition coefficient (Wildman–Crippen LogP) is -0.113. The van der Waals surface area contributed by atoms with Crippen molar-refractivity contribution in [2.24, 2.45) is 5.92 Å². The molecular formula is C17H26N3O9P. The highest BCUT2D eigenvalue weighted by Gasteiger charge is 2.49. The van der Waals surface area contributed by atoms with E-state index in [1.165, 1.54) is 13.1 Å². The number of nitrogens with one attached hydrogen (secondary N) is 2. The maximum absolute atomic E-state index is 12.9. The maximum Gasteiger partial charge on any atom is 0.406 e. The van der Waals surface area contributed by atoms with E-state index in [1.807, 2.05) is 6.92 Å². The van der Waals surface area contributed by atoms with E-state index < -0.39 is 55.4 Å². The van der Waals surface area contributed by atoms with Crippen molar-refractivity contribution in [2.45, 2.75) is 51.2 Å². The van der Waals surface area contributed by atoms with E-state index in [4.69, 9.17) is 18.5 Å². The van der Waals surface area contributed by atoms with Crippen LogP contribution >= 0.6 is 7.75 Å². The second-order valence-corrected chi connectivity index (χ2v) is 8.97. The van der Waals surface area contributed by atoms with Gasteiger partial charge in [-0.25, -0.2) is 14.4 Å². The van der Waals surface area contributed by atoms with Crippen LogP contribution in [0.25, 0.3) is 0 Å². The van der Waals surface area contributed by atoms with Crippen LogP contribution in [-0.4, -0.2) is 58.7 Å². The smallest absolute Gasteiger partial charge is 0.406 e. The van der Waals surface area contributed by atoms with Crippen molar-refractivity contribution in [3.05, 3.63) is 33.1 Å². The van der Waals surface area contributed by atoms with Gasteiger partial charge < -0.3 is 14.6 Å². The quantitative estimate of drug-likeness (QED) is 0.292. The summed E-state index contributed by atoms with van der Waals surface area (Å²) in [6.45, 7) is 3.33. The summed E-state index contributed by atoms with van der Waals surface area (Å²) in [4.78, 5) is 37.3. The molecule has 3 N–H and O–H groups in total. The van der Waals surface area contributed by atoms with Gasteiger partial charge >= 0.3 is 19.4 Å². The largest absolute Gasteiger partial charge is 0.465 e. The number of hydrogen-bond acceptors (Lipinski definition) is 9. The maximum atomic E-state index is 12.9. The van der Waals surface area contributed by atoms with Crippen molar-refractivity contribution in [3.8, 4) is 0 Å². The number of ether oxygens (including phenoxy) is 2. The molecule has 2 fully saturated rings. The van der Waals surface area contributed by atoms with Crippen LogP contribution in [0.3, 0.4) is 0 Å². The van der Waals surface area contributed by atoms with Gasteiger partial charge in [0.2, 0.25) is 0 Å². The number of aliphatic hydroxyl groups is 1. The van der Waals surface area contributed by atoms with Crippen LogP contribution in [0.15, 0.2) is 21.9 Å². The molecule has 30 heavy (non-hydrogen) atoms. The first-order valence-corrected chi connectivity index (χ1v) is 11.3. The number of aliphatic hydroxyl groups excluding tert-OH is 1. The highest BCUT2D eigenvalue weighted by atomic mass is 31.2. The van der Waals surface area contributed by atoms with Crippen molar-refractivity contribution in [1.29, 1.82) is 0 Å². The lowest BCUT2D eigenvalue weighted by molar-refractivity contribution is -0.145. The molecule has 168 valence electrons. The summed E-state index contributed by atoms with van der Waals surface area (Å²) in [7, 11) is -3.85. The first-order valence-electron chi connectivity index (χ1n) is 9.72. The summed E-state index contributed by atoms with van der Waals surface area (Å²) in [5.74, 6) is -1.22. The van der Waals surface area contributed by atoms with Crippen molar-refractivity contribution in [3.63, 3.8) is 0 Å². The third-order valence-corrected chi connectivity index (χ3v) is 6.62. The van der Waals surface area contributed by atoms with E-state index in [0.29, 0.717) is 0 Å². The number of carbonyl (C=O) groups is 1. The highest BCUT2D eigenvalue weighted by Crippen LogP contribution is 2.50. The van der Waals surface area contributed by atoms with Gasteiger partial charge in [-0.15, -0.1) is 0 Å². The Balaban J connectivity index is 1.63. The summed E-state index contributed by atoms with van der Waals surface area (Å²) >= 11 is 0. The number of esters is 1. The zero-order valence-corrected chi connectivity index (χ0v) is 17.6. The fourth-order valence-electron chi connectivity index (χ4n) is 3.22. The Kier molecular flexibility index (Phi) is 7.27. The molecule has 1 aromatic heterocycles. The van der Waals surface area contributed by atoms with Crippen LogP contribution in [0, 0.1) is 5.92 Å². The average Bonchev–Trinajstić information content (AvgIpc) is 2.90. The second-order valence-electron chi connectivity index (χ2n) is 7.20. The summed E-state index contributed by atoms with van der Waals surface area (Å²) in [5.41, 5.74) is -1.30. The fraction of sp³-hybridized carbons (Fsp3) is 0.706. The molecule has 1 aromatic rings. The molecule has 13 heteroatoms. The third kappa shape index (κ3) is 5.08. The first kappa shape index (κ1) is 22.9. The lowest BCUT2D eigenvalue weighted by Crippen LogP contribution is -2.37. The van der Waals surface area contributed by atoms with E-state index in [-0.39, 0.29) is 19.8 Å². The topological polar surface area (TPSA) is 158 Å². The van der Waals surface area contributed by atoms with Crippen molar-refractivity contribution in [2.75, 3.05) is 19.8 Å². The van der Waals surface area contributed by atoms with Gasteiger partial charge in [0, 0.05) is 18.2 Å². The number of aromatic nitrogens is 2. The summed E-state index contributed by atoms with van der Waals surface area (Å²) in [6.07, 6.45) is -0.133. The lowest BCUT2D eigenvalue weighted by Gasteiger charge is -2.22. The molecule has 3 heterocycles. The Morgan fingerprint density at radius 2 is 2.17 bits per heavy atom. The van der Waals surface area contributed by atoms with Gasteiger partial charge in [0.15, 0.2) is 6.23 Å². The number of hydrogen-bond donors (Lipinski definition) is 3. The molecule has 2 aliphatic heterocycles. The van der Waals surface area contributed by atoms with Crippen LogP contribution in [0.2, 0.25) is 0 Å². The standard InChI is InChI=1S/C17H26N3O9P/c1-3-4-7-26-16(23)10(2)19-30(25)27-8-11-12(9-28-30)29-15(14(11)22)20-6-5-13(21)18-17(20)24/h5-6,10-12,14-15,22H,3-4,7-9H2,1-2H3,(H,19,25)(H,18,21,24)/t10-,11-,12-,14-,15-,30-/m1/s1. The normalized spacial score (nSPS) is 32.2. The van der Waals surface area contributed by atoms with Gasteiger partial charge in [-0.3, -0.25) is 28.2 Å². The van der Waals surface area contributed by atoms with Crippen molar-refractivity contribution in [1.82, 2.24) is 14.6 Å². The molecule has 2 aliphatic rings. The van der Waals surface area contributed by atoms with Gasteiger partial charge in [-0.1, -0.05) is 13.3 Å². The highest BCUT2D eigenvalue weighted by molar-refractivity contribution is 7.51. The zero-order valence-electron chi connectivity index (χ0n) is 16.7. The molecule has 0 amide bonds. The van der Waals surface area contributed by atoms with Gasteiger partial charge in [-0.05, 0) is 13.3 Å². The van der Waals surface area contributed by atoms with Gasteiger partial charge in [0.25, 0.3) is 5.56 Å². The van der Waals surface area contributed by atoms with Gasteiger partial charge in [0.1, 0.15) is 12.1 Å². The Morgan fingerprint density at radius 3 is 2.87 bits per heavy atom. The molecule has 0 aromatic carbocycles. The molecule has 0 bridgehead atoms. The lowest BCUT2D eigenvalue weighted by atomic mass is 9.99. The Bertz CT molecular complexity index is 916. The van der Waals surface area contributed by atoms with Gasteiger partial charge in [0.05, 0.1) is 25.9 Å². The van der Waals surface area contributed by atoms with Crippen LogP contribution in [-0.2, 0) is 27.9 Å². The molecule has 0 spiro atoms. The fourth-order valence-corrected chi connectivity index (χ4v) is 4.73. The zero-order chi connectivity index (χ0) is 21.9. The van der Waals surface area contributed by atoms with Crippen LogP contribution < -0.4 is 16.3 Å². The molecule has 0 saturated carbocycles. The second kappa shape index (κ2) is 9.54. The Labute approximate surface area is 172 Å². The summed E-state index contributed by atoms with van der Waals surface area (Å²) in [5, 5.41) is 13.1. The van der Waals surface area contributed by atoms with Crippen LogP contribution in [0.1, 0.15) is 32.9 Å². The molecule has 12 nitrogen and oxygen atoms in total. The molecule has 0 radical (unpaired) electrons. The molecular weight excluding hydrogens is 421 g/mol. The number of carbonyl (C=O) groups excluding carboxylic acids is 1. The third-order valence-electron chi connectivity index (χ3n) is 4.94.